The van der Waals surface area contributed by atoms with Crippen molar-refractivity contribution in [1.29, 1.82) is 0 Å². The van der Waals surface area contributed by atoms with Crippen LogP contribution >= 0.6 is 11.6 Å². The largest absolute Gasteiger partial charge is 0.378 e. The monoisotopic (exact) mass is 470 g/mol. The molecule has 2 fully saturated rings. The Morgan fingerprint density at radius 1 is 0.818 bits per heavy atom. The molecular weight excluding hydrogens is 440 g/mol. The quantitative estimate of drug-likeness (QED) is 0.670. The zero-order chi connectivity index (χ0) is 23.0. The molecule has 0 radical (unpaired) electrons. The second-order valence-electron chi connectivity index (χ2n) is 8.51. The van der Waals surface area contributed by atoms with Crippen molar-refractivity contribution in [1.82, 2.24) is 20.0 Å². The SMILES string of the molecule is O=C(CN1CCN(CC(=O)N2CCOCC2)CC1)N[C@@H](c1ccccc1)c1ccc(Cl)cc1. The van der Waals surface area contributed by atoms with Gasteiger partial charge in [-0.1, -0.05) is 54.1 Å². The second-order valence-corrected chi connectivity index (χ2v) is 8.94. The van der Waals surface area contributed by atoms with E-state index in [9.17, 15) is 9.59 Å². The molecule has 33 heavy (non-hydrogen) atoms. The minimum absolute atomic E-state index is 0.0170. The van der Waals surface area contributed by atoms with E-state index in [1.54, 1.807) is 0 Å². The summed E-state index contributed by atoms with van der Waals surface area (Å²) in [5.41, 5.74) is 2.02. The van der Waals surface area contributed by atoms with Gasteiger partial charge in [-0.2, -0.15) is 0 Å². The third-order valence-electron chi connectivity index (χ3n) is 6.20. The summed E-state index contributed by atoms with van der Waals surface area (Å²) in [7, 11) is 0. The number of benzene rings is 2. The Morgan fingerprint density at radius 2 is 1.39 bits per heavy atom. The van der Waals surface area contributed by atoms with Crippen LogP contribution in [0.3, 0.4) is 0 Å². The van der Waals surface area contributed by atoms with E-state index in [4.69, 9.17) is 16.3 Å². The fraction of sp³-hybridized carbons (Fsp3) is 0.440. The fourth-order valence-electron chi connectivity index (χ4n) is 4.28. The fourth-order valence-corrected chi connectivity index (χ4v) is 4.41. The van der Waals surface area contributed by atoms with E-state index in [0.717, 1.165) is 37.3 Å². The molecule has 4 rings (SSSR count). The van der Waals surface area contributed by atoms with Crippen molar-refractivity contribution < 1.29 is 14.3 Å². The highest BCUT2D eigenvalue weighted by Crippen LogP contribution is 2.23. The molecule has 0 saturated carbocycles. The maximum atomic E-state index is 12.9. The lowest BCUT2D eigenvalue weighted by Gasteiger charge is -2.36. The molecule has 2 heterocycles. The summed E-state index contributed by atoms with van der Waals surface area (Å²) in [4.78, 5) is 31.6. The number of rotatable bonds is 7. The van der Waals surface area contributed by atoms with Gasteiger partial charge in [0.2, 0.25) is 11.8 Å². The summed E-state index contributed by atoms with van der Waals surface area (Å²) in [6.45, 7) is 6.45. The third kappa shape index (κ3) is 6.77. The van der Waals surface area contributed by atoms with Gasteiger partial charge in [-0.05, 0) is 23.3 Å². The van der Waals surface area contributed by atoms with Crippen molar-refractivity contribution in [2.45, 2.75) is 6.04 Å². The van der Waals surface area contributed by atoms with Crippen LogP contribution in [-0.2, 0) is 14.3 Å². The summed E-state index contributed by atoms with van der Waals surface area (Å²) in [5.74, 6) is 0.148. The van der Waals surface area contributed by atoms with Gasteiger partial charge in [0.25, 0.3) is 0 Å². The van der Waals surface area contributed by atoms with E-state index in [2.05, 4.69) is 15.1 Å². The number of ether oxygens (including phenoxy) is 1. The standard InChI is InChI=1S/C25H31ClN4O3/c26-22-8-6-21(7-9-22)25(20-4-2-1-3-5-20)27-23(31)18-28-10-12-29(13-11-28)19-24(32)30-14-16-33-17-15-30/h1-9,25H,10-19H2,(H,27,31)/t25-/m0/s1. The molecule has 2 amide bonds. The van der Waals surface area contributed by atoms with Crippen molar-refractivity contribution >= 4 is 23.4 Å². The molecule has 2 aromatic carbocycles. The lowest BCUT2D eigenvalue weighted by atomic mass is 9.98. The first kappa shape index (κ1) is 23.7. The van der Waals surface area contributed by atoms with E-state index in [1.165, 1.54) is 0 Å². The van der Waals surface area contributed by atoms with Crippen molar-refractivity contribution in [3.05, 3.63) is 70.7 Å². The van der Waals surface area contributed by atoms with Gasteiger partial charge in [-0.25, -0.2) is 0 Å². The number of carbonyl (C=O) groups excluding carboxylic acids is 2. The number of hydrogen-bond acceptors (Lipinski definition) is 5. The van der Waals surface area contributed by atoms with E-state index in [1.807, 2.05) is 59.5 Å². The van der Waals surface area contributed by atoms with Crippen LogP contribution in [0, 0.1) is 0 Å². The average Bonchev–Trinajstić information content (AvgIpc) is 2.85. The number of hydrogen-bond donors (Lipinski definition) is 1. The number of piperazine rings is 1. The molecule has 0 aliphatic carbocycles. The molecule has 7 nitrogen and oxygen atoms in total. The Morgan fingerprint density at radius 3 is 2.03 bits per heavy atom. The van der Waals surface area contributed by atoms with Crippen LogP contribution in [0.1, 0.15) is 17.2 Å². The molecule has 2 aromatic rings. The third-order valence-corrected chi connectivity index (χ3v) is 6.45. The normalized spacial score (nSPS) is 18.6. The number of carbonyl (C=O) groups is 2. The van der Waals surface area contributed by atoms with Crippen LogP contribution in [0.4, 0.5) is 0 Å². The van der Waals surface area contributed by atoms with Crippen molar-refractivity contribution in [2.75, 3.05) is 65.6 Å². The lowest BCUT2D eigenvalue weighted by molar-refractivity contribution is -0.137. The summed E-state index contributed by atoms with van der Waals surface area (Å²) in [6, 6.07) is 17.3. The predicted molar refractivity (Wildman–Crippen MR) is 128 cm³/mol. The van der Waals surface area contributed by atoms with Crippen LogP contribution in [0.2, 0.25) is 5.02 Å². The molecule has 0 aromatic heterocycles. The molecule has 176 valence electrons. The topological polar surface area (TPSA) is 65.1 Å². The lowest BCUT2D eigenvalue weighted by Crippen LogP contribution is -2.53. The first-order valence-electron chi connectivity index (χ1n) is 11.5. The number of halogens is 1. The highest BCUT2D eigenvalue weighted by molar-refractivity contribution is 6.30. The van der Waals surface area contributed by atoms with Crippen LogP contribution in [0.25, 0.3) is 0 Å². The van der Waals surface area contributed by atoms with Gasteiger partial charge in [0.1, 0.15) is 0 Å². The van der Waals surface area contributed by atoms with Gasteiger partial charge < -0.3 is 15.0 Å². The van der Waals surface area contributed by atoms with Gasteiger partial charge in [0, 0.05) is 44.3 Å². The van der Waals surface area contributed by atoms with E-state index < -0.39 is 0 Å². The molecule has 0 spiro atoms. The zero-order valence-corrected chi connectivity index (χ0v) is 19.5. The van der Waals surface area contributed by atoms with Gasteiger partial charge in [0.05, 0.1) is 32.3 Å². The van der Waals surface area contributed by atoms with Gasteiger partial charge in [-0.15, -0.1) is 0 Å². The predicted octanol–water partition coefficient (Wildman–Crippen LogP) is 2.02. The Kier molecular flexibility index (Phi) is 8.34. The number of nitrogens with zero attached hydrogens (tertiary/aromatic N) is 3. The highest BCUT2D eigenvalue weighted by atomic mass is 35.5. The minimum atomic E-state index is -0.233. The van der Waals surface area contributed by atoms with Crippen LogP contribution in [-0.4, -0.2) is 92.1 Å². The maximum absolute atomic E-state index is 12.9. The summed E-state index contributed by atoms with van der Waals surface area (Å²) in [5, 5.41) is 3.86. The Hall–Kier alpha value is -2.45. The zero-order valence-electron chi connectivity index (χ0n) is 18.8. The average molecular weight is 471 g/mol. The first-order valence-corrected chi connectivity index (χ1v) is 11.9. The highest BCUT2D eigenvalue weighted by Gasteiger charge is 2.25. The minimum Gasteiger partial charge on any atom is -0.378 e. The summed E-state index contributed by atoms with van der Waals surface area (Å²) >= 11 is 6.06. The van der Waals surface area contributed by atoms with E-state index in [0.29, 0.717) is 44.4 Å². The van der Waals surface area contributed by atoms with Gasteiger partial charge >= 0.3 is 0 Å². The number of amides is 2. The van der Waals surface area contributed by atoms with Crippen LogP contribution in [0.5, 0.6) is 0 Å². The second kappa shape index (κ2) is 11.6. The Bertz CT molecular complexity index is 911. The molecule has 2 aliphatic heterocycles. The smallest absolute Gasteiger partial charge is 0.236 e. The van der Waals surface area contributed by atoms with Crippen molar-refractivity contribution in [3.63, 3.8) is 0 Å². The van der Waals surface area contributed by atoms with Crippen molar-refractivity contribution in [3.8, 4) is 0 Å². The molecular formula is C25H31ClN4O3. The van der Waals surface area contributed by atoms with E-state index >= 15 is 0 Å². The summed E-state index contributed by atoms with van der Waals surface area (Å²) < 4.78 is 5.32. The number of nitrogens with one attached hydrogen (secondary N) is 1. The van der Waals surface area contributed by atoms with Crippen LogP contribution < -0.4 is 5.32 Å². The molecule has 8 heteroatoms. The molecule has 1 N–H and O–H groups in total. The molecule has 2 aliphatic rings. The van der Waals surface area contributed by atoms with Crippen LogP contribution in [0.15, 0.2) is 54.6 Å². The maximum Gasteiger partial charge on any atom is 0.236 e. The van der Waals surface area contributed by atoms with Gasteiger partial charge in [-0.3, -0.25) is 19.4 Å². The molecule has 0 unspecified atom stereocenters. The summed E-state index contributed by atoms with van der Waals surface area (Å²) in [6.07, 6.45) is 0. The molecule has 2 saturated heterocycles. The van der Waals surface area contributed by atoms with E-state index in [-0.39, 0.29) is 17.9 Å². The Labute approximate surface area is 200 Å². The molecule has 0 bridgehead atoms. The van der Waals surface area contributed by atoms with Crippen molar-refractivity contribution in [2.24, 2.45) is 0 Å². The van der Waals surface area contributed by atoms with Gasteiger partial charge in [0.15, 0.2) is 0 Å². The molecule has 1 atom stereocenters. The number of morpholine rings is 1. The Balaban J connectivity index is 1.28. The first-order chi connectivity index (χ1) is 16.1.